The summed E-state index contributed by atoms with van der Waals surface area (Å²) in [6, 6.07) is 2.46. The zero-order valence-electron chi connectivity index (χ0n) is 9.28. The van der Waals surface area contributed by atoms with Crippen LogP contribution in [0.5, 0.6) is 0 Å². The molecule has 5 nitrogen and oxygen atoms in total. The molecule has 0 radical (unpaired) electrons. The zero-order valence-corrected chi connectivity index (χ0v) is 9.28. The zero-order chi connectivity index (χ0) is 11.4. The number of primary amides is 1. The first kappa shape index (κ1) is 11.1. The Morgan fingerprint density at radius 2 is 2.25 bits per heavy atom. The second-order valence-electron chi connectivity index (χ2n) is 4.41. The highest BCUT2D eigenvalue weighted by molar-refractivity contribution is 5.76. The van der Waals surface area contributed by atoms with Crippen molar-refractivity contribution in [1.82, 2.24) is 15.5 Å². The Kier molecular flexibility index (Phi) is 3.56. The molecule has 1 saturated carbocycles. The molecule has 4 N–H and O–H groups in total. The number of carbonyl (C=O) groups is 1. The van der Waals surface area contributed by atoms with Crippen molar-refractivity contribution in [2.24, 2.45) is 11.7 Å². The SMILES string of the molecule is NC(=O)C1CCC(NCc2ccn[nH]2)CC1. The van der Waals surface area contributed by atoms with Crippen LogP contribution in [0.2, 0.25) is 0 Å². The Hall–Kier alpha value is -1.36. The van der Waals surface area contributed by atoms with Crippen LogP contribution in [-0.2, 0) is 11.3 Å². The van der Waals surface area contributed by atoms with E-state index in [9.17, 15) is 4.79 Å². The van der Waals surface area contributed by atoms with Gasteiger partial charge < -0.3 is 11.1 Å². The number of nitrogens with two attached hydrogens (primary N) is 1. The van der Waals surface area contributed by atoms with E-state index < -0.39 is 0 Å². The van der Waals surface area contributed by atoms with Gasteiger partial charge in [-0.05, 0) is 31.7 Å². The van der Waals surface area contributed by atoms with Gasteiger partial charge in [0.1, 0.15) is 0 Å². The highest BCUT2D eigenvalue weighted by atomic mass is 16.1. The van der Waals surface area contributed by atoms with Gasteiger partial charge in [0.15, 0.2) is 0 Å². The van der Waals surface area contributed by atoms with Gasteiger partial charge in [0, 0.05) is 30.4 Å². The molecule has 88 valence electrons. The van der Waals surface area contributed by atoms with Crippen molar-refractivity contribution in [1.29, 1.82) is 0 Å². The molecule has 2 rings (SSSR count). The minimum atomic E-state index is -0.146. The first-order valence-corrected chi connectivity index (χ1v) is 5.76. The second-order valence-corrected chi connectivity index (χ2v) is 4.41. The highest BCUT2D eigenvalue weighted by Gasteiger charge is 2.24. The molecule has 1 aliphatic carbocycles. The Labute approximate surface area is 94.8 Å². The Bertz CT molecular complexity index is 328. The first-order valence-electron chi connectivity index (χ1n) is 5.76. The van der Waals surface area contributed by atoms with Crippen molar-refractivity contribution >= 4 is 5.91 Å². The molecule has 1 aromatic heterocycles. The Balaban J connectivity index is 1.71. The molecule has 0 bridgehead atoms. The maximum atomic E-state index is 11.0. The van der Waals surface area contributed by atoms with Crippen LogP contribution in [-0.4, -0.2) is 22.1 Å². The normalized spacial score (nSPS) is 25.5. The lowest BCUT2D eigenvalue weighted by atomic mass is 9.85. The van der Waals surface area contributed by atoms with Crippen molar-refractivity contribution < 1.29 is 4.79 Å². The van der Waals surface area contributed by atoms with Gasteiger partial charge in [0.2, 0.25) is 5.91 Å². The number of rotatable bonds is 4. The summed E-state index contributed by atoms with van der Waals surface area (Å²) in [6.45, 7) is 0.811. The summed E-state index contributed by atoms with van der Waals surface area (Å²) in [4.78, 5) is 11.0. The van der Waals surface area contributed by atoms with Gasteiger partial charge in [-0.25, -0.2) is 0 Å². The lowest BCUT2D eigenvalue weighted by molar-refractivity contribution is -0.122. The van der Waals surface area contributed by atoms with Crippen molar-refractivity contribution in [3.05, 3.63) is 18.0 Å². The van der Waals surface area contributed by atoms with E-state index in [1.54, 1.807) is 6.20 Å². The van der Waals surface area contributed by atoms with Crippen molar-refractivity contribution in [2.75, 3.05) is 0 Å². The molecule has 1 amide bonds. The van der Waals surface area contributed by atoms with E-state index in [4.69, 9.17) is 5.73 Å². The lowest BCUT2D eigenvalue weighted by Crippen LogP contribution is -2.36. The lowest BCUT2D eigenvalue weighted by Gasteiger charge is -2.27. The van der Waals surface area contributed by atoms with Crippen molar-refractivity contribution in [2.45, 2.75) is 38.3 Å². The molecule has 0 aromatic carbocycles. The number of H-pyrrole nitrogens is 1. The molecule has 5 heteroatoms. The number of aromatic nitrogens is 2. The standard InChI is InChI=1S/C11H18N4O/c12-11(16)8-1-3-9(4-2-8)13-7-10-5-6-14-15-10/h5-6,8-9,13H,1-4,7H2,(H2,12,16)(H,14,15). The van der Waals surface area contributed by atoms with E-state index >= 15 is 0 Å². The van der Waals surface area contributed by atoms with Crippen LogP contribution < -0.4 is 11.1 Å². The predicted octanol–water partition coefficient (Wildman–Crippen LogP) is 0.543. The summed E-state index contributed by atoms with van der Waals surface area (Å²) in [5, 5.41) is 10.3. The average Bonchev–Trinajstić information content (AvgIpc) is 2.80. The van der Waals surface area contributed by atoms with E-state index in [1.807, 2.05) is 6.07 Å². The van der Waals surface area contributed by atoms with Gasteiger partial charge >= 0.3 is 0 Å². The van der Waals surface area contributed by atoms with Gasteiger partial charge in [0.05, 0.1) is 0 Å². The molecule has 1 aliphatic rings. The van der Waals surface area contributed by atoms with Crippen molar-refractivity contribution in [3.63, 3.8) is 0 Å². The quantitative estimate of drug-likeness (QED) is 0.695. The van der Waals surface area contributed by atoms with Gasteiger partial charge in [-0.3, -0.25) is 9.89 Å². The molecule has 0 aliphatic heterocycles. The fraction of sp³-hybridized carbons (Fsp3) is 0.636. The third kappa shape index (κ3) is 2.82. The monoisotopic (exact) mass is 222 g/mol. The van der Waals surface area contributed by atoms with E-state index in [0.717, 1.165) is 37.9 Å². The van der Waals surface area contributed by atoms with Crippen LogP contribution in [0, 0.1) is 5.92 Å². The molecule has 1 fully saturated rings. The molecule has 0 unspecified atom stereocenters. The number of nitrogens with zero attached hydrogens (tertiary/aromatic N) is 1. The summed E-state index contributed by atoms with van der Waals surface area (Å²) in [5.41, 5.74) is 6.39. The third-order valence-corrected chi connectivity index (χ3v) is 3.27. The van der Waals surface area contributed by atoms with Crippen LogP contribution in [0.3, 0.4) is 0 Å². The van der Waals surface area contributed by atoms with E-state index in [1.165, 1.54) is 0 Å². The van der Waals surface area contributed by atoms with E-state index in [0.29, 0.717) is 6.04 Å². The molecule has 1 heterocycles. The largest absolute Gasteiger partial charge is 0.369 e. The van der Waals surface area contributed by atoms with Gasteiger partial charge in [0.25, 0.3) is 0 Å². The van der Waals surface area contributed by atoms with Crippen molar-refractivity contribution in [3.8, 4) is 0 Å². The van der Waals surface area contributed by atoms with Crippen LogP contribution in [0.1, 0.15) is 31.4 Å². The molecule has 1 aromatic rings. The highest BCUT2D eigenvalue weighted by Crippen LogP contribution is 2.23. The number of hydrogen-bond acceptors (Lipinski definition) is 3. The maximum Gasteiger partial charge on any atom is 0.220 e. The minimum Gasteiger partial charge on any atom is -0.369 e. The molecule has 16 heavy (non-hydrogen) atoms. The predicted molar refractivity (Wildman–Crippen MR) is 60.4 cm³/mol. The number of aromatic amines is 1. The molecular formula is C11H18N4O. The fourth-order valence-corrected chi connectivity index (χ4v) is 2.22. The summed E-state index contributed by atoms with van der Waals surface area (Å²) in [7, 11) is 0. The summed E-state index contributed by atoms with van der Waals surface area (Å²) < 4.78 is 0. The van der Waals surface area contributed by atoms with Gasteiger partial charge in [-0.1, -0.05) is 0 Å². The Morgan fingerprint density at radius 3 is 2.81 bits per heavy atom. The average molecular weight is 222 g/mol. The third-order valence-electron chi connectivity index (χ3n) is 3.27. The van der Waals surface area contributed by atoms with Gasteiger partial charge in [-0.2, -0.15) is 5.10 Å². The molecule has 0 saturated heterocycles. The number of hydrogen-bond donors (Lipinski definition) is 3. The molecular weight excluding hydrogens is 204 g/mol. The first-order chi connectivity index (χ1) is 7.75. The molecule has 0 atom stereocenters. The van der Waals surface area contributed by atoms with Crippen LogP contribution in [0.25, 0.3) is 0 Å². The number of amides is 1. The summed E-state index contributed by atoms with van der Waals surface area (Å²) in [5.74, 6) is -0.0581. The van der Waals surface area contributed by atoms with Crippen LogP contribution in [0.4, 0.5) is 0 Å². The van der Waals surface area contributed by atoms with Crippen LogP contribution in [0.15, 0.2) is 12.3 Å². The molecule has 0 spiro atoms. The topological polar surface area (TPSA) is 83.8 Å². The maximum absolute atomic E-state index is 11.0. The van der Waals surface area contributed by atoms with Crippen LogP contribution >= 0.6 is 0 Å². The smallest absolute Gasteiger partial charge is 0.220 e. The van der Waals surface area contributed by atoms with E-state index in [2.05, 4.69) is 15.5 Å². The summed E-state index contributed by atoms with van der Waals surface area (Å²) >= 11 is 0. The second kappa shape index (κ2) is 5.12. The summed E-state index contributed by atoms with van der Waals surface area (Å²) in [6.07, 6.45) is 5.64. The number of carbonyl (C=O) groups excluding carboxylic acids is 1. The minimum absolute atomic E-state index is 0.0882. The number of nitrogens with one attached hydrogen (secondary N) is 2. The van der Waals surface area contributed by atoms with E-state index in [-0.39, 0.29) is 11.8 Å². The Morgan fingerprint density at radius 1 is 1.50 bits per heavy atom. The fourth-order valence-electron chi connectivity index (χ4n) is 2.22. The van der Waals surface area contributed by atoms with Gasteiger partial charge in [-0.15, -0.1) is 0 Å².